The van der Waals surface area contributed by atoms with E-state index in [0.717, 1.165) is 16.9 Å². The lowest BCUT2D eigenvalue weighted by atomic mass is 9.88. The van der Waals surface area contributed by atoms with Crippen LogP contribution in [0.1, 0.15) is 139 Å². The average molecular weight is 533 g/mol. The van der Waals surface area contributed by atoms with Crippen molar-refractivity contribution in [3.63, 3.8) is 0 Å². The fraction of sp³-hybridized carbons (Fsp3) is 0.935. The topological polar surface area (TPSA) is 40.5 Å². The van der Waals surface area contributed by atoms with Gasteiger partial charge < -0.3 is 10.2 Å². The third-order valence-corrected chi connectivity index (χ3v) is 9.82. The van der Waals surface area contributed by atoms with Gasteiger partial charge >= 0.3 is 0 Å². The Hall–Kier alpha value is 0.360. The van der Waals surface area contributed by atoms with E-state index in [1.165, 1.54) is 70.6 Å². The number of rotatable bonds is 17. The Morgan fingerprint density at radius 1 is 0.971 bits per heavy atom. The summed E-state index contributed by atoms with van der Waals surface area (Å²) >= 11 is 4.37. The van der Waals surface area contributed by atoms with Crippen molar-refractivity contribution in [1.82, 2.24) is 0 Å². The number of thioether (sulfide) groups is 2. The molecule has 1 fully saturated rings. The van der Waals surface area contributed by atoms with Crippen LogP contribution in [0.15, 0.2) is 12.2 Å². The largest absolute Gasteiger partial charge is 0.396 e. The van der Waals surface area contributed by atoms with Gasteiger partial charge in [-0.15, -0.1) is 0 Å². The van der Waals surface area contributed by atoms with Gasteiger partial charge in [-0.2, -0.15) is 23.5 Å². The van der Waals surface area contributed by atoms with Gasteiger partial charge in [-0.3, -0.25) is 0 Å². The van der Waals surface area contributed by atoms with Crippen molar-refractivity contribution < 1.29 is 10.2 Å². The zero-order valence-electron chi connectivity index (χ0n) is 25.2. The highest BCUT2D eigenvalue weighted by Crippen LogP contribution is 2.36. The summed E-state index contributed by atoms with van der Waals surface area (Å²) in [7, 11) is 0. The smallest absolute Gasteiger partial charge is 0.0482 e. The first kappa shape index (κ1) is 37.5. The quantitative estimate of drug-likeness (QED) is 0.144. The first-order valence-electron chi connectivity index (χ1n) is 15.0. The molecule has 0 bridgehead atoms. The number of hydrogen-bond acceptors (Lipinski definition) is 4. The maximum absolute atomic E-state index is 9.41. The lowest BCUT2D eigenvalue weighted by Crippen LogP contribution is -2.17. The summed E-state index contributed by atoms with van der Waals surface area (Å²) in [5.74, 6) is 0.466. The second-order valence-corrected chi connectivity index (χ2v) is 13.9. The lowest BCUT2D eigenvalue weighted by molar-refractivity contribution is 0.147. The van der Waals surface area contributed by atoms with Crippen LogP contribution >= 0.6 is 23.5 Å². The van der Waals surface area contributed by atoms with Crippen LogP contribution in [-0.4, -0.2) is 44.4 Å². The SMILES string of the molecule is CC.CC.CCC(CCCCC(C)(C)CO)SC(C)/C=C\C1CCCC(CCCCC(C)CO)S1. The number of aliphatic hydroxyl groups is 2. The molecule has 0 spiro atoms. The van der Waals surface area contributed by atoms with Crippen molar-refractivity contribution in [3.8, 4) is 0 Å². The van der Waals surface area contributed by atoms with Crippen molar-refractivity contribution in [2.75, 3.05) is 13.2 Å². The molecule has 2 nitrogen and oxygen atoms in total. The van der Waals surface area contributed by atoms with E-state index in [4.69, 9.17) is 5.11 Å². The Labute approximate surface area is 230 Å². The van der Waals surface area contributed by atoms with E-state index in [1.54, 1.807) is 0 Å². The van der Waals surface area contributed by atoms with Crippen molar-refractivity contribution in [2.45, 2.75) is 160 Å². The predicted molar refractivity (Wildman–Crippen MR) is 166 cm³/mol. The maximum atomic E-state index is 9.41. The minimum Gasteiger partial charge on any atom is -0.396 e. The molecule has 0 aliphatic carbocycles. The van der Waals surface area contributed by atoms with Crippen molar-refractivity contribution in [1.29, 1.82) is 0 Å². The van der Waals surface area contributed by atoms with Gasteiger partial charge in [-0.05, 0) is 63.2 Å². The van der Waals surface area contributed by atoms with E-state index in [0.29, 0.717) is 29.6 Å². The number of aliphatic hydroxyl groups excluding tert-OH is 2. The molecule has 1 saturated heterocycles. The Balaban J connectivity index is 0. The average Bonchev–Trinajstić information content (AvgIpc) is 2.89. The second-order valence-electron chi connectivity index (χ2n) is 10.6. The molecule has 0 amide bonds. The molecule has 212 valence electrons. The summed E-state index contributed by atoms with van der Waals surface area (Å²) in [5.41, 5.74) is 0.0816. The summed E-state index contributed by atoms with van der Waals surface area (Å²) in [5, 5.41) is 21.5. The molecule has 2 N–H and O–H groups in total. The highest BCUT2D eigenvalue weighted by atomic mass is 32.2. The van der Waals surface area contributed by atoms with Gasteiger partial charge in [0.25, 0.3) is 0 Å². The fourth-order valence-corrected chi connectivity index (χ4v) is 7.16. The van der Waals surface area contributed by atoms with Crippen LogP contribution in [0.5, 0.6) is 0 Å². The van der Waals surface area contributed by atoms with Gasteiger partial charge in [-0.25, -0.2) is 0 Å². The van der Waals surface area contributed by atoms with Crippen molar-refractivity contribution in [3.05, 3.63) is 12.2 Å². The first-order chi connectivity index (χ1) is 16.8. The number of unbranched alkanes of at least 4 members (excludes halogenated alkanes) is 2. The lowest BCUT2D eigenvalue weighted by Gasteiger charge is -2.27. The normalized spacial score (nSPS) is 20.9. The molecule has 35 heavy (non-hydrogen) atoms. The van der Waals surface area contributed by atoms with Crippen LogP contribution in [-0.2, 0) is 0 Å². The van der Waals surface area contributed by atoms with E-state index in [2.05, 4.69) is 70.3 Å². The zero-order chi connectivity index (χ0) is 27.1. The van der Waals surface area contributed by atoms with Crippen LogP contribution in [0.2, 0.25) is 0 Å². The summed E-state index contributed by atoms with van der Waals surface area (Å²) in [6, 6.07) is 0. The van der Waals surface area contributed by atoms with Crippen LogP contribution in [0.25, 0.3) is 0 Å². The third kappa shape index (κ3) is 21.0. The maximum Gasteiger partial charge on any atom is 0.0482 e. The standard InChI is InChI=1S/C27H52O2S2.2C2H6/c1-6-24(13-9-10-19-27(4,5)21-29)30-23(3)17-18-26-16-11-15-25(31-26)14-8-7-12-22(2)20-28;2*1-2/h17-18,22-26,28-29H,6-16,19-21H2,1-5H3;2*1-2H3/b18-17-;;. The molecule has 0 radical (unpaired) electrons. The molecule has 0 aromatic rings. The zero-order valence-corrected chi connectivity index (χ0v) is 26.8. The molecule has 1 heterocycles. The Morgan fingerprint density at radius 3 is 2.23 bits per heavy atom. The molecular weight excluding hydrogens is 468 g/mol. The Bertz CT molecular complexity index is 467. The van der Waals surface area contributed by atoms with Gasteiger partial charge in [0.05, 0.1) is 0 Å². The van der Waals surface area contributed by atoms with Gasteiger partial charge in [-0.1, -0.05) is 99.6 Å². The highest BCUT2D eigenvalue weighted by Gasteiger charge is 2.21. The molecule has 0 aromatic heterocycles. The van der Waals surface area contributed by atoms with Crippen molar-refractivity contribution in [2.24, 2.45) is 11.3 Å². The van der Waals surface area contributed by atoms with Gasteiger partial charge in [0.2, 0.25) is 0 Å². The molecule has 4 heteroatoms. The Morgan fingerprint density at radius 2 is 1.63 bits per heavy atom. The molecular formula is C31H64O2S2. The molecule has 1 aliphatic rings. The van der Waals surface area contributed by atoms with Crippen LogP contribution in [0, 0.1) is 11.3 Å². The van der Waals surface area contributed by atoms with Crippen LogP contribution < -0.4 is 0 Å². The fourth-order valence-electron chi connectivity index (χ4n) is 4.29. The van der Waals surface area contributed by atoms with E-state index >= 15 is 0 Å². The third-order valence-electron chi connectivity index (χ3n) is 6.68. The van der Waals surface area contributed by atoms with E-state index in [9.17, 15) is 5.11 Å². The minimum atomic E-state index is 0.0816. The minimum absolute atomic E-state index is 0.0816. The molecule has 0 saturated carbocycles. The van der Waals surface area contributed by atoms with Gasteiger partial charge in [0, 0.05) is 34.2 Å². The van der Waals surface area contributed by atoms with Crippen LogP contribution in [0.4, 0.5) is 0 Å². The monoisotopic (exact) mass is 532 g/mol. The Kier molecular flexibility index (Phi) is 26.5. The van der Waals surface area contributed by atoms with Gasteiger partial charge in [0.1, 0.15) is 0 Å². The molecule has 1 rings (SSSR count). The second kappa shape index (κ2) is 24.7. The number of hydrogen-bond donors (Lipinski definition) is 2. The summed E-state index contributed by atoms with van der Waals surface area (Å²) < 4.78 is 0. The predicted octanol–water partition coefficient (Wildman–Crippen LogP) is 9.92. The summed E-state index contributed by atoms with van der Waals surface area (Å²) in [6.45, 7) is 19.8. The molecule has 5 unspecified atom stereocenters. The van der Waals surface area contributed by atoms with Gasteiger partial charge in [0.15, 0.2) is 0 Å². The molecule has 1 aliphatic heterocycles. The van der Waals surface area contributed by atoms with E-state index < -0.39 is 0 Å². The van der Waals surface area contributed by atoms with E-state index in [1.807, 2.05) is 27.7 Å². The molecule has 0 aromatic carbocycles. The highest BCUT2D eigenvalue weighted by molar-refractivity contribution is 8.01. The van der Waals surface area contributed by atoms with Crippen molar-refractivity contribution >= 4 is 23.5 Å². The van der Waals surface area contributed by atoms with E-state index in [-0.39, 0.29) is 5.41 Å². The summed E-state index contributed by atoms with van der Waals surface area (Å²) in [4.78, 5) is 0. The van der Waals surface area contributed by atoms with Crippen LogP contribution in [0.3, 0.4) is 0 Å². The summed E-state index contributed by atoms with van der Waals surface area (Å²) in [6.07, 6.45) is 20.4. The first-order valence-corrected chi connectivity index (χ1v) is 16.9. The molecule has 5 atom stereocenters.